The number of benzene rings is 1. The van der Waals surface area contributed by atoms with Gasteiger partial charge in [0.05, 0.1) is 23.9 Å². The third-order valence-electron chi connectivity index (χ3n) is 5.48. The number of nitrogens with zero attached hydrogens (tertiary/aromatic N) is 4. The summed E-state index contributed by atoms with van der Waals surface area (Å²) in [7, 11) is 0. The monoisotopic (exact) mass is 349 g/mol. The molecule has 4 rings (SSSR count). The first-order valence-electron chi connectivity index (χ1n) is 9.33. The molecular formula is C20H23N5O. The summed E-state index contributed by atoms with van der Waals surface area (Å²) in [6, 6.07) is 9.37. The normalized spacial score (nSPS) is 22.3. The van der Waals surface area contributed by atoms with Crippen molar-refractivity contribution in [1.29, 1.82) is 5.26 Å². The molecule has 1 aromatic heterocycles. The molecule has 1 saturated heterocycles. The molecule has 0 unspecified atom stereocenters. The van der Waals surface area contributed by atoms with Gasteiger partial charge in [0.15, 0.2) is 0 Å². The molecule has 2 aliphatic rings. The maximum absolute atomic E-state index is 12.9. The topological polar surface area (TPSA) is 74.0 Å². The second-order valence-corrected chi connectivity index (χ2v) is 6.96. The first-order valence-corrected chi connectivity index (χ1v) is 9.33. The van der Waals surface area contributed by atoms with Crippen molar-refractivity contribution in [2.75, 3.05) is 11.4 Å². The van der Waals surface area contributed by atoms with E-state index in [1.54, 1.807) is 12.1 Å². The smallest absolute Gasteiger partial charge is 0.244 e. The number of carbonyl (C=O) groups is 1. The van der Waals surface area contributed by atoms with E-state index in [1.807, 2.05) is 23.2 Å². The fourth-order valence-corrected chi connectivity index (χ4v) is 4.11. The van der Waals surface area contributed by atoms with Crippen molar-refractivity contribution in [2.24, 2.45) is 0 Å². The molecule has 2 aromatic rings. The molecule has 0 spiro atoms. The van der Waals surface area contributed by atoms with Crippen molar-refractivity contribution >= 4 is 11.6 Å². The minimum Gasteiger partial charge on any atom is -0.311 e. The number of aryl methyl sites for hydroxylation is 1. The van der Waals surface area contributed by atoms with Crippen LogP contribution in [0.2, 0.25) is 0 Å². The van der Waals surface area contributed by atoms with Crippen molar-refractivity contribution in [1.82, 2.24) is 15.1 Å². The number of amides is 1. The lowest BCUT2D eigenvalue weighted by molar-refractivity contribution is -0.119. The molecule has 0 saturated carbocycles. The third-order valence-corrected chi connectivity index (χ3v) is 5.48. The SMILES string of the molecule is CCn1ncc2c1CCC[C@@H]2N[C@@H]1CCN(c2ccc(C#N)cc2)C1=O. The highest BCUT2D eigenvalue weighted by molar-refractivity contribution is 5.99. The van der Waals surface area contributed by atoms with E-state index in [0.717, 1.165) is 37.9 Å². The summed E-state index contributed by atoms with van der Waals surface area (Å²) in [4.78, 5) is 14.7. The van der Waals surface area contributed by atoms with Crippen molar-refractivity contribution in [2.45, 2.75) is 51.2 Å². The molecule has 2 heterocycles. The van der Waals surface area contributed by atoms with Crippen LogP contribution < -0.4 is 10.2 Å². The second kappa shape index (κ2) is 6.93. The van der Waals surface area contributed by atoms with Gasteiger partial charge in [-0.2, -0.15) is 10.4 Å². The van der Waals surface area contributed by atoms with E-state index in [1.165, 1.54) is 11.3 Å². The summed E-state index contributed by atoms with van der Waals surface area (Å²) in [5.41, 5.74) is 4.03. The van der Waals surface area contributed by atoms with Crippen LogP contribution in [0.25, 0.3) is 0 Å². The number of hydrogen-bond donors (Lipinski definition) is 1. The Hall–Kier alpha value is -2.65. The van der Waals surface area contributed by atoms with E-state index in [0.29, 0.717) is 12.1 Å². The maximum atomic E-state index is 12.9. The fourth-order valence-electron chi connectivity index (χ4n) is 4.11. The van der Waals surface area contributed by atoms with Gasteiger partial charge in [-0.3, -0.25) is 14.8 Å². The molecule has 6 nitrogen and oxygen atoms in total. The molecule has 1 fully saturated rings. The maximum Gasteiger partial charge on any atom is 0.244 e. The molecule has 1 aliphatic heterocycles. The van der Waals surface area contributed by atoms with Gasteiger partial charge in [-0.05, 0) is 56.9 Å². The summed E-state index contributed by atoms with van der Waals surface area (Å²) >= 11 is 0. The van der Waals surface area contributed by atoms with Crippen LogP contribution in [0, 0.1) is 11.3 Å². The van der Waals surface area contributed by atoms with E-state index >= 15 is 0 Å². The Labute approximate surface area is 153 Å². The zero-order valence-corrected chi connectivity index (χ0v) is 15.0. The zero-order chi connectivity index (χ0) is 18.1. The van der Waals surface area contributed by atoms with Gasteiger partial charge in [0.2, 0.25) is 5.91 Å². The molecular weight excluding hydrogens is 326 g/mol. The molecule has 0 bridgehead atoms. The Morgan fingerprint density at radius 1 is 1.27 bits per heavy atom. The lowest BCUT2D eigenvalue weighted by Gasteiger charge is -2.27. The van der Waals surface area contributed by atoms with Gasteiger partial charge in [0.25, 0.3) is 0 Å². The van der Waals surface area contributed by atoms with Crippen molar-refractivity contribution in [3.8, 4) is 6.07 Å². The molecule has 2 atom stereocenters. The summed E-state index contributed by atoms with van der Waals surface area (Å²) in [5.74, 6) is 0.115. The summed E-state index contributed by atoms with van der Waals surface area (Å²) in [6.07, 6.45) is 6.00. The minimum atomic E-state index is -0.161. The average molecular weight is 349 g/mol. The predicted molar refractivity (Wildman–Crippen MR) is 98.6 cm³/mol. The van der Waals surface area contributed by atoms with Crippen LogP contribution in [0.3, 0.4) is 0 Å². The highest BCUT2D eigenvalue weighted by atomic mass is 16.2. The number of anilines is 1. The third kappa shape index (κ3) is 2.89. The van der Waals surface area contributed by atoms with Crippen molar-refractivity contribution in [3.05, 3.63) is 47.3 Å². The Morgan fingerprint density at radius 3 is 2.81 bits per heavy atom. The Balaban J connectivity index is 1.48. The van der Waals surface area contributed by atoms with Crippen LogP contribution in [0.1, 0.15) is 49.0 Å². The largest absolute Gasteiger partial charge is 0.311 e. The van der Waals surface area contributed by atoms with Crippen LogP contribution in [0.4, 0.5) is 5.69 Å². The first kappa shape index (κ1) is 16.8. The molecule has 26 heavy (non-hydrogen) atoms. The number of carbonyl (C=O) groups excluding carboxylic acids is 1. The van der Waals surface area contributed by atoms with Gasteiger partial charge in [-0.15, -0.1) is 0 Å². The molecule has 0 radical (unpaired) electrons. The van der Waals surface area contributed by atoms with Gasteiger partial charge >= 0.3 is 0 Å². The van der Waals surface area contributed by atoms with E-state index in [4.69, 9.17) is 5.26 Å². The summed E-state index contributed by atoms with van der Waals surface area (Å²) in [6.45, 7) is 3.70. The predicted octanol–water partition coefficient (Wildman–Crippen LogP) is 2.55. The van der Waals surface area contributed by atoms with Crippen LogP contribution in [-0.4, -0.2) is 28.3 Å². The molecule has 1 amide bonds. The van der Waals surface area contributed by atoms with E-state index < -0.39 is 0 Å². The van der Waals surface area contributed by atoms with E-state index in [2.05, 4.69) is 28.1 Å². The summed E-state index contributed by atoms with van der Waals surface area (Å²) in [5, 5.41) is 17.0. The number of hydrogen-bond acceptors (Lipinski definition) is 4. The standard InChI is InChI=1S/C20H23N5O/c1-2-25-19-5-3-4-17(16(19)13-22-25)23-18-10-11-24(20(18)26)15-8-6-14(12-21)7-9-15/h6-9,13,17-18,23H,2-5,10-11H2,1H3/t17-,18+/m0/s1. The fraction of sp³-hybridized carbons (Fsp3) is 0.450. The van der Waals surface area contributed by atoms with Gasteiger partial charge in [0.1, 0.15) is 0 Å². The van der Waals surface area contributed by atoms with Crippen molar-refractivity contribution < 1.29 is 4.79 Å². The Bertz CT molecular complexity index is 848. The quantitative estimate of drug-likeness (QED) is 0.920. The van der Waals surface area contributed by atoms with Gasteiger partial charge in [-0.25, -0.2) is 0 Å². The van der Waals surface area contributed by atoms with E-state index in [9.17, 15) is 4.79 Å². The number of rotatable bonds is 4. The molecule has 134 valence electrons. The Kier molecular flexibility index (Phi) is 4.48. The number of nitriles is 1. The average Bonchev–Trinajstić information content (AvgIpc) is 3.26. The minimum absolute atomic E-state index is 0.115. The Morgan fingerprint density at radius 2 is 2.08 bits per heavy atom. The van der Waals surface area contributed by atoms with Crippen LogP contribution in [-0.2, 0) is 17.8 Å². The number of fused-ring (bicyclic) bond motifs is 1. The molecule has 1 N–H and O–H groups in total. The molecule has 1 aliphatic carbocycles. The van der Waals surface area contributed by atoms with Crippen LogP contribution >= 0.6 is 0 Å². The van der Waals surface area contributed by atoms with Crippen molar-refractivity contribution in [3.63, 3.8) is 0 Å². The van der Waals surface area contributed by atoms with Gasteiger partial charge in [0, 0.05) is 36.1 Å². The highest BCUT2D eigenvalue weighted by Crippen LogP contribution is 2.31. The highest BCUT2D eigenvalue weighted by Gasteiger charge is 2.35. The van der Waals surface area contributed by atoms with E-state index in [-0.39, 0.29) is 18.0 Å². The lowest BCUT2D eigenvalue weighted by Crippen LogP contribution is -2.41. The number of aromatic nitrogens is 2. The van der Waals surface area contributed by atoms with Crippen LogP contribution in [0.15, 0.2) is 30.5 Å². The first-order chi connectivity index (χ1) is 12.7. The van der Waals surface area contributed by atoms with Gasteiger partial charge < -0.3 is 4.90 Å². The molecule has 1 aromatic carbocycles. The second-order valence-electron chi connectivity index (χ2n) is 6.96. The van der Waals surface area contributed by atoms with Gasteiger partial charge in [-0.1, -0.05) is 0 Å². The molecule has 6 heteroatoms. The zero-order valence-electron chi connectivity index (χ0n) is 15.0. The number of nitrogens with one attached hydrogen (secondary N) is 1. The van der Waals surface area contributed by atoms with Crippen LogP contribution in [0.5, 0.6) is 0 Å². The summed E-state index contributed by atoms with van der Waals surface area (Å²) < 4.78 is 2.07. The lowest BCUT2D eigenvalue weighted by atomic mass is 9.92.